The molecule has 0 aliphatic carbocycles. The van der Waals surface area contributed by atoms with E-state index in [1.54, 1.807) is 12.1 Å². The van der Waals surface area contributed by atoms with E-state index in [9.17, 15) is 30.8 Å². The first-order valence-corrected chi connectivity index (χ1v) is 11.6. The van der Waals surface area contributed by atoms with Crippen LogP contribution in [-0.4, -0.2) is 54.7 Å². The number of carbonyl (C=O) groups is 1. The van der Waals surface area contributed by atoms with Crippen LogP contribution in [-0.2, 0) is 10.0 Å². The van der Waals surface area contributed by atoms with Crippen molar-refractivity contribution in [2.75, 3.05) is 26.2 Å². The van der Waals surface area contributed by atoms with Crippen molar-refractivity contribution in [2.45, 2.75) is 4.90 Å². The van der Waals surface area contributed by atoms with Gasteiger partial charge in [0.2, 0.25) is 10.0 Å². The van der Waals surface area contributed by atoms with Crippen LogP contribution in [0.5, 0.6) is 0 Å². The number of rotatable bonds is 4. The van der Waals surface area contributed by atoms with Gasteiger partial charge in [0, 0.05) is 31.7 Å². The van der Waals surface area contributed by atoms with Crippen LogP contribution >= 0.6 is 11.3 Å². The molecular formula is C20H15F4N3O3S2. The minimum absolute atomic E-state index is 0.00368. The molecule has 0 N–H and O–H groups in total. The molecule has 0 radical (unpaired) electrons. The summed E-state index contributed by atoms with van der Waals surface area (Å²) in [5.74, 6) is -6.01. The Labute approximate surface area is 184 Å². The molecule has 4 rings (SSSR count). The van der Waals surface area contributed by atoms with Crippen LogP contribution in [0.3, 0.4) is 0 Å². The summed E-state index contributed by atoms with van der Waals surface area (Å²) in [6, 6.07) is 7.23. The molecule has 1 aromatic heterocycles. The van der Waals surface area contributed by atoms with Crippen molar-refractivity contribution >= 4 is 27.3 Å². The van der Waals surface area contributed by atoms with Gasteiger partial charge in [0.15, 0.2) is 17.5 Å². The average molecular weight is 485 g/mol. The first kappa shape index (κ1) is 22.4. The fourth-order valence-corrected chi connectivity index (χ4v) is 5.66. The van der Waals surface area contributed by atoms with Gasteiger partial charge < -0.3 is 4.90 Å². The van der Waals surface area contributed by atoms with Crippen molar-refractivity contribution in [3.63, 3.8) is 0 Å². The van der Waals surface area contributed by atoms with E-state index in [-0.39, 0.29) is 36.6 Å². The van der Waals surface area contributed by atoms with Crippen molar-refractivity contribution in [1.82, 2.24) is 14.2 Å². The number of benzene rings is 2. The molecule has 168 valence electrons. The van der Waals surface area contributed by atoms with E-state index >= 15 is 0 Å². The number of amides is 1. The van der Waals surface area contributed by atoms with Crippen LogP contribution in [0.25, 0.3) is 10.6 Å². The molecule has 0 spiro atoms. The quantitative estimate of drug-likeness (QED) is 0.419. The van der Waals surface area contributed by atoms with Crippen molar-refractivity contribution in [2.24, 2.45) is 0 Å². The predicted octanol–water partition coefficient (Wildman–Crippen LogP) is 3.51. The van der Waals surface area contributed by atoms with Gasteiger partial charge in [-0.3, -0.25) is 4.79 Å². The van der Waals surface area contributed by atoms with Crippen molar-refractivity contribution < 1.29 is 30.8 Å². The number of thiazole rings is 1. The average Bonchev–Trinajstić information content (AvgIpc) is 3.27. The fourth-order valence-electron chi connectivity index (χ4n) is 3.27. The first-order chi connectivity index (χ1) is 15.2. The lowest BCUT2D eigenvalue weighted by Gasteiger charge is -2.33. The third kappa shape index (κ3) is 4.00. The van der Waals surface area contributed by atoms with E-state index in [4.69, 9.17) is 0 Å². The zero-order valence-corrected chi connectivity index (χ0v) is 17.9. The molecular weight excluding hydrogens is 470 g/mol. The Morgan fingerprint density at radius 1 is 0.906 bits per heavy atom. The monoisotopic (exact) mass is 485 g/mol. The molecule has 0 bridgehead atoms. The third-order valence-electron chi connectivity index (χ3n) is 4.96. The van der Waals surface area contributed by atoms with Gasteiger partial charge in [-0.15, -0.1) is 11.3 Å². The van der Waals surface area contributed by atoms with Gasteiger partial charge >= 0.3 is 0 Å². The zero-order valence-electron chi connectivity index (χ0n) is 16.3. The highest BCUT2D eigenvalue weighted by atomic mass is 32.2. The molecule has 1 aliphatic heterocycles. The summed E-state index contributed by atoms with van der Waals surface area (Å²) in [7, 11) is -4.42. The van der Waals surface area contributed by atoms with E-state index in [0.717, 1.165) is 15.6 Å². The Bertz CT molecular complexity index is 1290. The number of sulfonamides is 1. The summed E-state index contributed by atoms with van der Waals surface area (Å²) >= 11 is 1.01. The summed E-state index contributed by atoms with van der Waals surface area (Å²) in [6.07, 6.45) is 1.33. The van der Waals surface area contributed by atoms with Gasteiger partial charge in [-0.05, 0) is 24.3 Å². The molecule has 12 heteroatoms. The summed E-state index contributed by atoms with van der Waals surface area (Å²) in [5.41, 5.74) is 0.265. The second kappa shape index (κ2) is 8.60. The van der Waals surface area contributed by atoms with Crippen molar-refractivity contribution in [3.05, 3.63) is 70.7 Å². The Morgan fingerprint density at radius 3 is 2.28 bits per heavy atom. The molecule has 0 atom stereocenters. The second-order valence-electron chi connectivity index (χ2n) is 6.88. The smallest absolute Gasteiger partial charge is 0.265 e. The highest BCUT2D eigenvalue weighted by Crippen LogP contribution is 2.29. The van der Waals surface area contributed by atoms with Crippen LogP contribution < -0.4 is 0 Å². The molecule has 1 aliphatic rings. The normalized spacial score (nSPS) is 15.2. The molecule has 32 heavy (non-hydrogen) atoms. The Morgan fingerprint density at radius 2 is 1.59 bits per heavy atom. The number of aromatic nitrogens is 1. The Balaban J connectivity index is 1.47. The molecule has 3 aromatic rings. The molecule has 0 unspecified atom stereocenters. The van der Waals surface area contributed by atoms with Crippen LogP contribution in [0, 0.1) is 23.3 Å². The van der Waals surface area contributed by atoms with Gasteiger partial charge in [0.05, 0.1) is 6.20 Å². The largest absolute Gasteiger partial charge is 0.335 e. The SMILES string of the molecule is O=C(c1cnc(-c2ccccc2F)s1)N1CCN(S(=O)(=O)c2ccc(F)c(F)c2F)CC1. The standard InChI is InChI=1S/C20H15F4N3O3S2/c21-13-4-2-1-3-12(13)19-25-11-15(31-19)20(28)26-7-9-27(10-8-26)32(29,30)16-6-5-14(22)17(23)18(16)24/h1-6,11H,7-10H2. The lowest BCUT2D eigenvalue weighted by Crippen LogP contribution is -2.50. The molecule has 1 amide bonds. The van der Waals surface area contributed by atoms with Gasteiger partial charge in [-0.1, -0.05) is 12.1 Å². The van der Waals surface area contributed by atoms with E-state index < -0.39 is 44.1 Å². The topological polar surface area (TPSA) is 70.6 Å². The van der Waals surface area contributed by atoms with Crippen molar-refractivity contribution in [1.29, 1.82) is 0 Å². The first-order valence-electron chi connectivity index (χ1n) is 9.34. The van der Waals surface area contributed by atoms with Gasteiger partial charge in [-0.2, -0.15) is 4.31 Å². The third-order valence-corrected chi connectivity index (χ3v) is 7.90. The number of piperazine rings is 1. The predicted molar refractivity (Wildman–Crippen MR) is 108 cm³/mol. The van der Waals surface area contributed by atoms with Gasteiger partial charge in [0.1, 0.15) is 20.6 Å². The number of nitrogens with zero attached hydrogens (tertiary/aromatic N) is 3. The minimum Gasteiger partial charge on any atom is -0.335 e. The van der Waals surface area contributed by atoms with Crippen LogP contribution in [0.2, 0.25) is 0 Å². The highest BCUT2D eigenvalue weighted by molar-refractivity contribution is 7.89. The fraction of sp³-hybridized carbons (Fsp3) is 0.200. The molecule has 0 saturated carbocycles. The maximum atomic E-state index is 14.0. The molecule has 2 heterocycles. The van der Waals surface area contributed by atoms with Crippen LogP contribution in [0.4, 0.5) is 17.6 Å². The summed E-state index contributed by atoms with van der Waals surface area (Å²) < 4.78 is 80.8. The minimum atomic E-state index is -4.42. The maximum absolute atomic E-state index is 14.0. The number of carbonyl (C=O) groups excluding carboxylic acids is 1. The lowest BCUT2D eigenvalue weighted by atomic mass is 10.2. The van der Waals surface area contributed by atoms with E-state index in [2.05, 4.69) is 4.98 Å². The maximum Gasteiger partial charge on any atom is 0.265 e. The van der Waals surface area contributed by atoms with Crippen molar-refractivity contribution in [3.8, 4) is 10.6 Å². The lowest BCUT2D eigenvalue weighted by molar-refractivity contribution is 0.0702. The van der Waals surface area contributed by atoms with Gasteiger partial charge in [0.25, 0.3) is 5.91 Å². The second-order valence-corrected chi connectivity index (χ2v) is 9.82. The molecule has 1 fully saturated rings. The summed E-state index contributed by atoms with van der Waals surface area (Å²) in [6.45, 7) is -0.330. The number of hydrogen-bond acceptors (Lipinski definition) is 5. The van der Waals surface area contributed by atoms with E-state index in [1.807, 2.05) is 0 Å². The zero-order chi connectivity index (χ0) is 23.0. The number of hydrogen-bond donors (Lipinski definition) is 0. The van der Waals surface area contributed by atoms with E-state index in [1.165, 1.54) is 23.2 Å². The Kier molecular flexibility index (Phi) is 6.01. The van der Waals surface area contributed by atoms with Crippen LogP contribution in [0.15, 0.2) is 47.5 Å². The molecule has 1 saturated heterocycles. The van der Waals surface area contributed by atoms with Gasteiger partial charge in [-0.25, -0.2) is 31.0 Å². The Hall–Kier alpha value is -2.83. The highest BCUT2D eigenvalue weighted by Gasteiger charge is 2.34. The molecule has 6 nitrogen and oxygen atoms in total. The summed E-state index contributed by atoms with van der Waals surface area (Å²) in [4.78, 5) is 17.6. The molecule has 2 aromatic carbocycles. The summed E-state index contributed by atoms with van der Waals surface area (Å²) in [5, 5.41) is 0.335. The van der Waals surface area contributed by atoms with E-state index in [0.29, 0.717) is 17.1 Å². The van der Waals surface area contributed by atoms with Crippen LogP contribution in [0.1, 0.15) is 9.67 Å². The number of halogens is 4.